The zero-order valence-corrected chi connectivity index (χ0v) is 15.1. The average Bonchev–Trinajstić information content (AvgIpc) is 2.56. The maximum Gasteiger partial charge on any atom is 0.319 e. The molecule has 0 aromatic heterocycles. The highest BCUT2D eigenvalue weighted by Gasteiger charge is 2.16. The van der Waals surface area contributed by atoms with Gasteiger partial charge in [0, 0.05) is 10.0 Å². The number of hydrogen-bond donors (Lipinski definition) is 2. The molecule has 0 spiro atoms. The van der Waals surface area contributed by atoms with E-state index in [4.69, 9.17) is 9.47 Å². The van der Waals surface area contributed by atoms with Gasteiger partial charge in [0.1, 0.15) is 17.3 Å². The van der Waals surface area contributed by atoms with Crippen molar-refractivity contribution in [2.75, 3.05) is 19.5 Å². The number of anilines is 1. The molecule has 128 valence electrons. The smallest absolute Gasteiger partial charge is 0.319 e. The van der Waals surface area contributed by atoms with Crippen LogP contribution in [0.4, 0.5) is 14.9 Å². The largest absolute Gasteiger partial charge is 0.497 e. The molecule has 0 fully saturated rings. The SMILES string of the molecule is COc1ccc(OC)c(C(C)NC(=O)Nc2ccc(F)cc2Br)c1. The van der Waals surface area contributed by atoms with Crippen molar-refractivity contribution in [1.29, 1.82) is 0 Å². The first-order valence-electron chi connectivity index (χ1n) is 7.19. The summed E-state index contributed by atoms with van der Waals surface area (Å²) in [4.78, 5) is 12.2. The van der Waals surface area contributed by atoms with Crippen molar-refractivity contribution < 1.29 is 18.7 Å². The van der Waals surface area contributed by atoms with Crippen LogP contribution < -0.4 is 20.1 Å². The molecule has 2 aromatic carbocycles. The van der Waals surface area contributed by atoms with E-state index in [0.29, 0.717) is 21.7 Å². The van der Waals surface area contributed by atoms with E-state index in [2.05, 4.69) is 26.6 Å². The third-order valence-corrected chi connectivity index (χ3v) is 4.09. The van der Waals surface area contributed by atoms with Crippen LogP contribution >= 0.6 is 15.9 Å². The summed E-state index contributed by atoms with van der Waals surface area (Å²) in [5.74, 6) is 0.926. The van der Waals surface area contributed by atoms with Gasteiger partial charge in [-0.25, -0.2) is 9.18 Å². The molecular weight excluding hydrogens is 379 g/mol. The van der Waals surface area contributed by atoms with Gasteiger partial charge in [-0.2, -0.15) is 0 Å². The van der Waals surface area contributed by atoms with Gasteiger partial charge in [0.2, 0.25) is 0 Å². The highest BCUT2D eigenvalue weighted by Crippen LogP contribution is 2.29. The van der Waals surface area contributed by atoms with E-state index < -0.39 is 6.03 Å². The number of urea groups is 1. The number of halogens is 2. The van der Waals surface area contributed by atoms with Gasteiger partial charge in [-0.05, 0) is 59.3 Å². The monoisotopic (exact) mass is 396 g/mol. The van der Waals surface area contributed by atoms with Gasteiger partial charge in [-0.15, -0.1) is 0 Å². The van der Waals surface area contributed by atoms with Crippen molar-refractivity contribution in [2.24, 2.45) is 0 Å². The van der Waals surface area contributed by atoms with E-state index in [0.717, 1.165) is 5.56 Å². The Balaban J connectivity index is 2.11. The molecule has 0 saturated carbocycles. The number of carbonyl (C=O) groups is 1. The van der Waals surface area contributed by atoms with Gasteiger partial charge >= 0.3 is 6.03 Å². The summed E-state index contributed by atoms with van der Waals surface area (Å²) in [6.07, 6.45) is 0. The van der Waals surface area contributed by atoms with Gasteiger partial charge in [0.25, 0.3) is 0 Å². The van der Waals surface area contributed by atoms with Crippen molar-refractivity contribution in [3.63, 3.8) is 0 Å². The second-order valence-electron chi connectivity index (χ2n) is 5.05. The van der Waals surface area contributed by atoms with Crippen molar-refractivity contribution in [2.45, 2.75) is 13.0 Å². The first kappa shape index (κ1) is 18.1. The van der Waals surface area contributed by atoms with Gasteiger partial charge in [0.15, 0.2) is 0 Å². The molecule has 0 aliphatic carbocycles. The molecule has 2 N–H and O–H groups in total. The number of hydrogen-bond acceptors (Lipinski definition) is 3. The number of methoxy groups -OCH3 is 2. The van der Waals surface area contributed by atoms with Crippen LogP contribution in [0, 0.1) is 5.82 Å². The molecule has 2 rings (SSSR count). The molecule has 1 unspecified atom stereocenters. The molecule has 0 heterocycles. The molecule has 0 aliphatic heterocycles. The zero-order valence-electron chi connectivity index (χ0n) is 13.5. The van der Waals surface area contributed by atoms with Crippen LogP contribution in [0.2, 0.25) is 0 Å². The molecule has 2 aromatic rings. The number of benzene rings is 2. The Morgan fingerprint density at radius 2 is 1.92 bits per heavy atom. The lowest BCUT2D eigenvalue weighted by Gasteiger charge is -2.19. The number of rotatable bonds is 5. The summed E-state index contributed by atoms with van der Waals surface area (Å²) in [6, 6.07) is 8.66. The lowest BCUT2D eigenvalue weighted by atomic mass is 10.1. The third-order valence-electron chi connectivity index (χ3n) is 3.43. The van der Waals surface area contributed by atoms with Crippen LogP contribution in [0.5, 0.6) is 11.5 Å². The zero-order chi connectivity index (χ0) is 17.7. The highest BCUT2D eigenvalue weighted by molar-refractivity contribution is 9.10. The maximum absolute atomic E-state index is 13.1. The van der Waals surface area contributed by atoms with Crippen molar-refractivity contribution in [3.8, 4) is 11.5 Å². The van der Waals surface area contributed by atoms with E-state index in [-0.39, 0.29) is 11.9 Å². The molecule has 5 nitrogen and oxygen atoms in total. The topological polar surface area (TPSA) is 59.6 Å². The van der Waals surface area contributed by atoms with E-state index in [1.54, 1.807) is 32.4 Å². The fourth-order valence-electron chi connectivity index (χ4n) is 2.20. The minimum absolute atomic E-state index is 0.325. The Morgan fingerprint density at radius 1 is 1.17 bits per heavy atom. The van der Waals surface area contributed by atoms with Crippen LogP contribution in [0.3, 0.4) is 0 Å². The first-order chi connectivity index (χ1) is 11.4. The quantitative estimate of drug-likeness (QED) is 0.782. The average molecular weight is 397 g/mol. The van der Waals surface area contributed by atoms with Crippen LogP contribution in [0.15, 0.2) is 40.9 Å². The molecule has 2 amide bonds. The Labute approximate surface area is 148 Å². The van der Waals surface area contributed by atoms with Crippen molar-refractivity contribution >= 4 is 27.6 Å². The molecule has 0 radical (unpaired) electrons. The molecule has 24 heavy (non-hydrogen) atoms. The van der Waals surface area contributed by atoms with Crippen LogP contribution in [-0.2, 0) is 0 Å². The Kier molecular flexibility index (Phi) is 6.03. The summed E-state index contributed by atoms with van der Waals surface area (Å²) < 4.78 is 24.1. The molecule has 0 bridgehead atoms. The normalized spacial score (nSPS) is 11.5. The molecule has 7 heteroatoms. The molecule has 0 aliphatic rings. The fourth-order valence-corrected chi connectivity index (χ4v) is 2.65. The summed E-state index contributed by atoms with van der Waals surface area (Å²) >= 11 is 3.21. The summed E-state index contributed by atoms with van der Waals surface area (Å²) in [7, 11) is 3.14. The van der Waals surface area contributed by atoms with Crippen LogP contribution in [0.25, 0.3) is 0 Å². The Bertz CT molecular complexity index is 740. The Hall–Kier alpha value is -2.28. The molecule has 1 atom stereocenters. The van der Waals surface area contributed by atoms with E-state index in [1.165, 1.54) is 18.2 Å². The number of amides is 2. The standard InChI is InChI=1S/C17H18BrFN2O3/c1-10(13-9-12(23-2)5-7-16(13)24-3)20-17(22)21-15-6-4-11(19)8-14(15)18/h4-10H,1-3H3,(H2,20,21,22). The predicted octanol–water partition coefficient (Wildman–Crippen LogP) is 4.49. The summed E-state index contributed by atoms with van der Waals surface area (Å²) in [5, 5.41) is 5.48. The minimum atomic E-state index is -0.417. The maximum atomic E-state index is 13.1. The minimum Gasteiger partial charge on any atom is -0.497 e. The van der Waals surface area contributed by atoms with E-state index in [9.17, 15) is 9.18 Å². The summed E-state index contributed by atoms with van der Waals surface area (Å²) in [6.45, 7) is 1.83. The van der Waals surface area contributed by atoms with E-state index in [1.807, 2.05) is 6.92 Å². The lowest BCUT2D eigenvalue weighted by Crippen LogP contribution is -2.31. The molecule has 0 saturated heterocycles. The summed E-state index contributed by atoms with van der Waals surface area (Å²) in [5.41, 5.74) is 1.25. The fraction of sp³-hybridized carbons (Fsp3) is 0.235. The van der Waals surface area contributed by atoms with E-state index >= 15 is 0 Å². The number of nitrogens with one attached hydrogen (secondary N) is 2. The lowest BCUT2D eigenvalue weighted by molar-refractivity contribution is 0.249. The molecular formula is C17H18BrFN2O3. The Morgan fingerprint density at radius 3 is 2.54 bits per heavy atom. The van der Waals surface area contributed by atoms with Crippen LogP contribution in [-0.4, -0.2) is 20.3 Å². The van der Waals surface area contributed by atoms with Crippen molar-refractivity contribution in [1.82, 2.24) is 5.32 Å². The van der Waals surface area contributed by atoms with Gasteiger partial charge in [-0.3, -0.25) is 0 Å². The van der Waals surface area contributed by atoms with Gasteiger partial charge in [-0.1, -0.05) is 0 Å². The number of ether oxygens (including phenoxy) is 2. The van der Waals surface area contributed by atoms with Gasteiger partial charge < -0.3 is 20.1 Å². The first-order valence-corrected chi connectivity index (χ1v) is 7.98. The second-order valence-corrected chi connectivity index (χ2v) is 5.91. The second kappa shape index (κ2) is 8.01. The van der Waals surface area contributed by atoms with Gasteiger partial charge in [0.05, 0.1) is 25.9 Å². The van der Waals surface area contributed by atoms with Crippen LogP contribution in [0.1, 0.15) is 18.5 Å². The third kappa shape index (κ3) is 4.38. The predicted molar refractivity (Wildman–Crippen MR) is 94.2 cm³/mol. The van der Waals surface area contributed by atoms with Crippen molar-refractivity contribution in [3.05, 3.63) is 52.3 Å². The number of carbonyl (C=O) groups excluding carboxylic acids is 1. The highest BCUT2D eigenvalue weighted by atomic mass is 79.9.